The quantitative estimate of drug-likeness (QED) is 0.855. The lowest BCUT2D eigenvalue weighted by atomic mass is 9.94. The zero-order valence-corrected chi connectivity index (χ0v) is 10.1. The van der Waals surface area contributed by atoms with Gasteiger partial charge in [-0.25, -0.2) is 0 Å². The maximum atomic E-state index is 9.73. The zero-order chi connectivity index (χ0) is 11.6. The largest absolute Gasteiger partial charge is 0.463 e. The maximum absolute atomic E-state index is 9.73. The molecule has 0 bridgehead atoms. The average Bonchev–Trinajstić information content (AvgIpc) is 2.48. The standard InChI is InChI=1S/C12H17ClO2/c1-8(13)7-9(14)10-5-6-11(15-10)12(2,3)4/h5-6,9,14H,1,7H2,2-4H3. The summed E-state index contributed by atoms with van der Waals surface area (Å²) in [4.78, 5) is 0. The molecule has 84 valence electrons. The Morgan fingerprint density at radius 3 is 2.53 bits per heavy atom. The van der Waals surface area contributed by atoms with Crippen molar-refractivity contribution in [1.29, 1.82) is 0 Å². The molecule has 0 fully saturated rings. The molecule has 0 aliphatic rings. The number of aliphatic hydroxyl groups is 1. The molecule has 1 N–H and O–H groups in total. The van der Waals surface area contributed by atoms with Gasteiger partial charge in [-0.1, -0.05) is 39.0 Å². The first-order chi connectivity index (χ1) is 6.80. The van der Waals surface area contributed by atoms with Crippen molar-refractivity contribution in [1.82, 2.24) is 0 Å². The topological polar surface area (TPSA) is 33.4 Å². The van der Waals surface area contributed by atoms with Crippen molar-refractivity contribution >= 4 is 11.6 Å². The van der Waals surface area contributed by atoms with Crippen molar-refractivity contribution < 1.29 is 9.52 Å². The highest BCUT2D eigenvalue weighted by molar-refractivity contribution is 6.29. The molecule has 0 saturated heterocycles. The summed E-state index contributed by atoms with van der Waals surface area (Å²) in [5.74, 6) is 1.40. The third-order valence-corrected chi connectivity index (χ3v) is 2.26. The number of furan rings is 1. The van der Waals surface area contributed by atoms with Gasteiger partial charge in [-0.2, -0.15) is 0 Å². The van der Waals surface area contributed by atoms with E-state index in [4.69, 9.17) is 16.0 Å². The minimum Gasteiger partial charge on any atom is -0.463 e. The molecule has 1 heterocycles. The van der Waals surface area contributed by atoms with E-state index < -0.39 is 6.10 Å². The molecule has 1 rings (SSSR count). The molecule has 1 unspecified atom stereocenters. The lowest BCUT2D eigenvalue weighted by Crippen LogP contribution is -2.09. The normalized spacial score (nSPS) is 13.9. The van der Waals surface area contributed by atoms with E-state index in [2.05, 4.69) is 27.4 Å². The van der Waals surface area contributed by atoms with Gasteiger partial charge < -0.3 is 9.52 Å². The zero-order valence-electron chi connectivity index (χ0n) is 9.38. The fraction of sp³-hybridized carbons (Fsp3) is 0.500. The van der Waals surface area contributed by atoms with E-state index in [1.54, 1.807) is 6.07 Å². The number of hydrogen-bond donors (Lipinski definition) is 1. The van der Waals surface area contributed by atoms with E-state index in [-0.39, 0.29) is 5.41 Å². The van der Waals surface area contributed by atoms with Crippen LogP contribution in [0.15, 0.2) is 28.2 Å². The predicted molar refractivity (Wildman–Crippen MR) is 62.0 cm³/mol. The third kappa shape index (κ3) is 3.40. The van der Waals surface area contributed by atoms with Crippen LogP contribution in [0, 0.1) is 0 Å². The van der Waals surface area contributed by atoms with E-state index >= 15 is 0 Å². The molecule has 0 radical (unpaired) electrons. The van der Waals surface area contributed by atoms with E-state index in [9.17, 15) is 5.11 Å². The van der Waals surface area contributed by atoms with E-state index in [1.807, 2.05) is 6.07 Å². The van der Waals surface area contributed by atoms with Crippen molar-refractivity contribution in [3.8, 4) is 0 Å². The molecular weight excluding hydrogens is 212 g/mol. The molecule has 1 aromatic rings. The lowest BCUT2D eigenvalue weighted by molar-refractivity contribution is 0.147. The first-order valence-corrected chi connectivity index (χ1v) is 5.30. The van der Waals surface area contributed by atoms with Gasteiger partial charge in [0.1, 0.15) is 17.6 Å². The molecule has 0 amide bonds. The fourth-order valence-corrected chi connectivity index (χ4v) is 1.39. The highest BCUT2D eigenvalue weighted by atomic mass is 35.5. The van der Waals surface area contributed by atoms with Gasteiger partial charge in [0.25, 0.3) is 0 Å². The lowest BCUT2D eigenvalue weighted by Gasteiger charge is -2.14. The van der Waals surface area contributed by atoms with E-state index in [0.717, 1.165) is 5.76 Å². The molecule has 15 heavy (non-hydrogen) atoms. The first kappa shape index (κ1) is 12.3. The van der Waals surface area contributed by atoms with Crippen molar-refractivity contribution in [3.63, 3.8) is 0 Å². The minimum absolute atomic E-state index is 0.0457. The molecule has 0 aromatic carbocycles. The monoisotopic (exact) mass is 228 g/mol. The average molecular weight is 229 g/mol. The molecule has 0 saturated carbocycles. The number of hydrogen-bond acceptors (Lipinski definition) is 2. The predicted octanol–water partition coefficient (Wildman–Crippen LogP) is 3.75. The smallest absolute Gasteiger partial charge is 0.133 e. The Hall–Kier alpha value is -0.730. The highest BCUT2D eigenvalue weighted by Gasteiger charge is 2.20. The molecular formula is C12H17ClO2. The number of rotatable bonds is 3. The Kier molecular flexibility index (Phi) is 3.63. The third-order valence-electron chi connectivity index (χ3n) is 2.11. The highest BCUT2D eigenvalue weighted by Crippen LogP contribution is 2.29. The number of halogens is 1. The Morgan fingerprint density at radius 2 is 2.13 bits per heavy atom. The molecule has 0 aliphatic heterocycles. The summed E-state index contributed by atoms with van der Waals surface area (Å²) in [7, 11) is 0. The van der Waals surface area contributed by atoms with Crippen molar-refractivity contribution in [3.05, 3.63) is 35.3 Å². The van der Waals surface area contributed by atoms with Gasteiger partial charge in [0, 0.05) is 16.9 Å². The molecule has 1 aromatic heterocycles. The Bertz CT molecular complexity index is 347. The van der Waals surface area contributed by atoms with Crippen LogP contribution in [-0.4, -0.2) is 5.11 Å². The number of aliphatic hydroxyl groups excluding tert-OH is 1. The van der Waals surface area contributed by atoms with E-state index in [0.29, 0.717) is 17.2 Å². The van der Waals surface area contributed by atoms with Crippen LogP contribution in [0.3, 0.4) is 0 Å². The van der Waals surface area contributed by atoms with Gasteiger partial charge in [-0.15, -0.1) is 0 Å². The van der Waals surface area contributed by atoms with Gasteiger partial charge in [0.2, 0.25) is 0 Å². The van der Waals surface area contributed by atoms with Crippen LogP contribution in [0.4, 0.5) is 0 Å². The summed E-state index contributed by atoms with van der Waals surface area (Å²) in [6.07, 6.45) is -0.385. The second kappa shape index (κ2) is 4.42. The second-order valence-corrected chi connectivity index (χ2v) is 5.22. The summed E-state index contributed by atoms with van der Waals surface area (Å²) in [5, 5.41) is 10.2. The van der Waals surface area contributed by atoms with Gasteiger partial charge in [-0.3, -0.25) is 0 Å². The summed E-state index contributed by atoms with van der Waals surface area (Å²) >= 11 is 5.62. The van der Waals surface area contributed by atoms with Crippen LogP contribution in [0.2, 0.25) is 0 Å². The van der Waals surface area contributed by atoms with Crippen LogP contribution in [0.1, 0.15) is 44.8 Å². The van der Waals surface area contributed by atoms with Crippen molar-refractivity contribution in [2.75, 3.05) is 0 Å². The van der Waals surface area contributed by atoms with Crippen LogP contribution in [0.5, 0.6) is 0 Å². The second-order valence-electron chi connectivity index (χ2n) is 4.69. The van der Waals surface area contributed by atoms with Gasteiger partial charge in [0.05, 0.1) is 0 Å². The summed E-state index contributed by atoms with van der Waals surface area (Å²) in [6, 6.07) is 3.67. The molecule has 1 atom stereocenters. The first-order valence-electron chi connectivity index (χ1n) is 4.92. The SMILES string of the molecule is C=C(Cl)CC(O)c1ccc(C(C)(C)C)o1. The van der Waals surface area contributed by atoms with Crippen LogP contribution < -0.4 is 0 Å². The summed E-state index contributed by atoms with van der Waals surface area (Å²) in [5.41, 5.74) is -0.0457. The van der Waals surface area contributed by atoms with Crippen LogP contribution in [-0.2, 0) is 5.41 Å². The molecule has 0 spiro atoms. The van der Waals surface area contributed by atoms with Gasteiger partial charge in [0.15, 0.2) is 0 Å². The van der Waals surface area contributed by atoms with Crippen molar-refractivity contribution in [2.24, 2.45) is 0 Å². The van der Waals surface area contributed by atoms with E-state index in [1.165, 1.54) is 0 Å². The van der Waals surface area contributed by atoms with Crippen LogP contribution >= 0.6 is 11.6 Å². The summed E-state index contributed by atoms with van der Waals surface area (Å²) in [6.45, 7) is 9.71. The Morgan fingerprint density at radius 1 is 1.53 bits per heavy atom. The maximum Gasteiger partial charge on any atom is 0.133 e. The van der Waals surface area contributed by atoms with Gasteiger partial charge >= 0.3 is 0 Å². The van der Waals surface area contributed by atoms with Crippen LogP contribution in [0.25, 0.3) is 0 Å². The minimum atomic E-state index is -0.703. The van der Waals surface area contributed by atoms with Gasteiger partial charge in [-0.05, 0) is 12.1 Å². The fourth-order valence-electron chi connectivity index (χ4n) is 1.25. The van der Waals surface area contributed by atoms with Crippen molar-refractivity contribution in [2.45, 2.75) is 38.7 Å². The summed E-state index contributed by atoms with van der Waals surface area (Å²) < 4.78 is 5.56. The molecule has 2 nitrogen and oxygen atoms in total. The molecule has 3 heteroatoms. The Balaban J connectivity index is 2.80. The Labute approximate surface area is 95.6 Å². The molecule has 0 aliphatic carbocycles.